The molecule has 2 heterocycles. The number of benzene rings is 2. The van der Waals surface area contributed by atoms with E-state index < -0.39 is 24.2 Å². The van der Waals surface area contributed by atoms with E-state index in [4.69, 9.17) is 9.47 Å². The van der Waals surface area contributed by atoms with E-state index in [0.29, 0.717) is 22.6 Å². The molecule has 152 valence electrons. The number of ether oxygens (including phenoxy) is 2. The van der Waals surface area contributed by atoms with Crippen LogP contribution in [0.2, 0.25) is 0 Å². The van der Waals surface area contributed by atoms with Crippen LogP contribution in [0.3, 0.4) is 0 Å². The van der Waals surface area contributed by atoms with E-state index in [1.54, 1.807) is 48.5 Å². The van der Waals surface area contributed by atoms with Crippen LogP contribution < -0.4 is 9.47 Å². The minimum Gasteiger partial charge on any atom is -0.454 e. The van der Waals surface area contributed by atoms with Crippen LogP contribution in [0.15, 0.2) is 53.6 Å². The molecule has 0 saturated heterocycles. The molecule has 2 aromatic carbocycles. The van der Waals surface area contributed by atoms with Gasteiger partial charge in [-0.1, -0.05) is 36.4 Å². The zero-order valence-electron chi connectivity index (χ0n) is 15.1. The lowest BCUT2D eigenvalue weighted by Crippen LogP contribution is -2.56. The van der Waals surface area contributed by atoms with Crippen LogP contribution in [-0.2, 0) is 11.2 Å². The van der Waals surface area contributed by atoms with Crippen molar-refractivity contribution in [1.29, 1.82) is 0 Å². The lowest BCUT2D eigenvalue weighted by Gasteiger charge is -2.32. The number of hydrogen-bond acceptors (Lipinski definition) is 5. The van der Waals surface area contributed by atoms with Crippen LogP contribution >= 0.6 is 0 Å². The topological polar surface area (TPSA) is 71.4 Å². The van der Waals surface area contributed by atoms with Gasteiger partial charge in [0.2, 0.25) is 12.7 Å². The van der Waals surface area contributed by atoms with Crippen LogP contribution in [0.1, 0.15) is 24.0 Å². The Kier molecular flexibility index (Phi) is 4.70. The van der Waals surface area contributed by atoms with Gasteiger partial charge in [0.1, 0.15) is 0 Å². The minimum absolute atomic E-state index is 0.00172. The molecule has 2 aliphatic heterocycles. The zero-order valence-corrected chi connectivity index (χ0v) is 15.1. The fourth-order valence-electron chi connectivity index (χ4n) is 3.27. The molecule has 0 fully saturated rings. The van der Waals surface area contributed by atoms with Crippen molar-refractivity contribution in [2.24, 2.45) is 5.10 Å². The van der Waals surface area contributed by atoms with Gasteiger partial charge in [-0.3, -0.25) is 4.79 Å². The summed E-state index contributed by atoms with van der Waals surface area (Å²) in [5.74, 6) is 0.170. The van der Waals surface area contributed by atoms with E-state index in [1.807, 2.05) is 0 Å². The standard InChI is InChI=1S/C20H17F3N2O4/c21-20(22,23)19(27)11-15(14-4-2-1-3-5-14)24-25(19)18(26)9-7-13-6-8-16-17(10-13)29-12-28-16/h1-6,8,10,27H,7,9,11-12H2/t19-/m1/s1. The van der Waals surface area contributed by atoms with Crippen LogP contribution in [0, 0.1) is 0 Å². The van der Waals surface area contributed by atoms with Crippen LogP contribution in [0.25, 0.3) is 0 Å². The Bertz CT molecular complexity index is 962. The molecule has 1 amide bonds. The summed E-state index contributed by atoms with van der Waals surface area (Å²) in [6, 6.07) is 13.2. The number of aryl methyl sites for hydroxylation is 1. The summed E-state index contributed by atoms with van der Waals surface area (Å²) >= 11 is 0. The lowest BCUT2D eigenvalue weighted by molar-refractivity contribution is -0.302. The van der Waals surface area contributed by atoms with Crippen LogP contribution in [0.5, 0.6) is 11.5 Å². The second kappa shape index (κ2) is 7.07. The first-order valence-electron chi connectivity index (χ1n) is 8.91. The van der Waals surface area contributed by atoms with Crippen molar-refractivity contribution in [1.82, 2.24) is 5.01 Å². The van der Waals surface area contributed by atoms with Gasteiger partial charge in [-0.15, -0.1) is 0 Å². The fourth-order valence-corrected chi connectivity index (χ4v) is 3.27. The molecule has 9 heteroatoms. The summed E-state index contributed by atoms with van der Waals surface area (Å²) < 4.78 is 51.3. The Hall–Kier alpha value is -3.07. The number of amides is 1. The summed E-state index contributed by atoms with van der Waals surface area (Å²) in [5.41, 5.74) is -2.25. The molecular weight excluding hydrogens is 389 g/mol. The van der Waals surface area contributed by atoms with E-state index in [2.05, 4.69) is 5.10 Å². The molecule has 2 aromatic rings. The Morgan fingerprint density at radius 3 is 2.59 bits per heavy atom. The highest BCUT2D eigenvalue weighted by Gasteiger charge is 2.63. The van der Waals surface area contributed by atoms with Crippen molar-refractivity contribution < 1.29 is 32.5 Å². The summed E-state index contributed by atoms with van der Waals surface area (Å²) in [6.07, 6.45) is -5.97. The predicted octanol–water partition coefficient (Wildman–Crippen LogP) is 3.24. The highest BCUT2D eigenvalue weighted by atomic mass is 19.4. The van der Waals surface area contributed by atoms with E-state index >= 15 is 0 Å². The normalized spacial score (nSPS) is 20.7. The van der Waals surface area contributed by atoms with E-state index in [-0.39, 0.29) is 30.4 Å². The Morgan fingerprint density at radius 2 is 1.86 bits per heavy atom. The molecule has 2 aliphatic rings. The molecule has 0 radical (unpaired) electrons. The van der Waals surface area contributed by atoms with Crippen LogP contribution in [-0.4, -0.2) is 40.4 Å². The Labute approximate surface area is 164 Å². The third-order valence-electron chi connectivity index (χ3n) is 4.85. The summed E-state index contributed by atoms with van der Waals surface area (Å²) in [4.78, 5) is 12.6. The minimum atomic E-state index is -5.05. The third kappa shape index (κ3) is 3.53. The Morgan fingerprint density at radius 1 is 1.14 bits per heavy atom. The number of rotatable bonds is 4. The van der Waals surface area contributed by atoms with Gasteiger partial charge in [0.25, 0.3) is 5.72 Å². The van der Waals surface area contributed by atoms with Gasteiger partial charge in [0.05, 0.1) is 12.1 Å². The van der Waals surface area contributed by atoms with Crippen molar-refractivity contribution in [2.75, 3.05) is 6.79 Å². The van der Waals surface area contributed by atoms with Gasteiger partial charge >= 0.3 is 6.18 Å². The van der Waals surface area contributed by atoms with Gasteiger partial charge in [-0.2, -0.15) is 23.3 Å². The summed E-state index contributed by atoms with van der Waals surface area (Å²) in [7, 11) is 0. The summed E-state index contributed by atoms with van der Waals surface area (Å²) in [5, 5.41) is 14.3. The fraction of sp³-hybridized carbons (Fsp3) is 0.300. The molecular formula is C20H17F3N2O4. The largest absolute Gasteiger partial charge is 0.454 e. The van der Waals surface area contributed by atoms with Gasteiger partial charge in [-0.05, 0) is 29.7 Å². The van der Waals surface area contributed by atoms with Gasteiger partial charge in [-0.25, -0.2) is 0 Å². The highest BCUT2D eigenvalue weighted by molar-refractivity contribution is 6.03. The van der Waals surface area contributed by atoms with Crippen molar-refractivity contribution in [3.63, 3.8) is 0 Å². The van der Waals surface area contributed by atoms with Gasteiger partial charge < -0.3 is 14.6 Å². The first-order valence-corrected chi connectivity index (χ1v) is 8.91. The monoisotopic (exact) mass is 406 g/mol. The number of carbonyl (C=O) groups is 1. The Balaban J connectivity index is 1.54. The zero-order chi connectivity index (χ0) is 20.6. The average molecular weight is 406 g/mol. The van der Waals surface area contributed by atoms with Gasteiger partial charge in [0.15, 0.2) is 11.5 Å². The maximum atomic E-state index is 13.6. The number of hydrazone groups is 1. The maximum absolute atomic E-state index is 13.6. The highest BCUT2D eigenvalue weighted by Crippen LogP contribution is 2.41. The molecule has 29 heavy (non-hydrogen) atoms. The summed E-state index contributed by atoms with van der Waals surface area (Å²) in [6.45, 7) is 0.0983. The molecule has 0 aromatic heterocycles. The molecule has 0 aliphatic carbocycles. The van der Waals surface area contributed by atoms with Crippen molar-refractivity contribution in [2.45, 2.75) is 31.2 Å². The predicted molar refractivity (Wildman–Crippen MR) is 96.3 cm³/mol. The number of carbonyl (C=O) groups excluding carboxylic acids is 1. The van der Waals surface area contributed by atoms with E-state index in [9.17, 15) is 23.1 Å². The molecule has 0 bridgehead atoms. The first-order chi connectivity index (χ1) is 13.8. The number of aliphatic hydroxyl groups is 1. The second-order valence-electron chi connectivity index (χ2n) is 6.80. The molecule has 6 nitrogen and oxygen atoms in total. The number of alkyl halides is 3. The first kappa shape index (κ1) is 19.3. The molecule has 4 rings (SSSR count). The number of halogens is 3. The number of hydrogen-bond donors (Lipinski definition) is 1. The van der Waals surface area contributed by atoms with Crippen molar-refractivity contribution in [3.8, 4) is 11.5 Å². The van der Waals surface area contributed by atoms with Crippen molar-refractivity contribution in [3.05, 3.63) is 59.7 Å². The van der Waals surface area contributed by atoms with Crippen molar-refractivity contribution >= 4 is 11.6 Å². The average Bonchev–Trinajstić information content (AvgIpc) is 3.31. The molecule has 0 spiro atoms. The number of fused-ring (bicyclic) bond motifs is 1. The maximum Gasteiger partial charge on any atom is 0.438 e. The quantitative estimate of drug-likeness (QED) is 0.846. The molecule has 0 unspecified atom stereocenters. The third-order valence-corrected chi connectivity index (χ3v) is 4.85. The van der Waals surface area contributed by atoms with E-state index in [0.717, 1.165) is 0 Å². The smallest absolute Gasteiger partial charge is 0.438 e. The SMILES string of the molecule is O=C(CCc1ccc2c(c1)OCO2)N1N=C(c2ccccc2)C[C@@]1(O)C(F)(F)F. The van der Waals surface area contributed by atoms with Gasteiger partial charge in [0, 0.05) is 6.42 Å². The lowest BCUT2D eigenvalue weighted by atomic mass is 10.0. The second-order valence-corrected chi connectivity index (χ2v) is 6.80. The van der Waals surface area contributed by atoms with E-state index in [1.165, 1.54) is 0 Å². The molecule has 0 saturated carbocycles. The molecule has 1 N–H and O–H groups in total. The number of nitrogens with zero attached hydrogens (tertiary/aromatic N) is 2. The van der Waals surface area contributed by atoms with Crippen LogP contribution in [0.4, 0.5) is 13.2 Å². The molecule has 1 atom stereocenters.